The quantitative estimate of drug-likeness (QED) is 0.457. The smallest absolute Gasteiger partial charge is 0.165 e. The van der Waals surface area contributed by atoms with Crippen molar-refractivity contribution in [1.82, 2.24) is 0 Å². The fourth-order valence-corrected chi connectivity index (χ4v) is 0.672. The fraction of sp³-hybridized carbons (Fsp3) is 0.143. The summed E-state index contributed by atoms with van der Waals surface area (Å²) in [4.78, 5) is 4.00. The van der Waals surface area contributed by atoms with Gasteiger partial charge in [0.1, 0.15) is 0 Å². The Labute approximate surface area is 53.6 Å². The van der Waals surface area contributed by atoms with Crippen LogP contribution >= 0.6 is 0 Å². The minimum atomic E-state index is 0.481. The van der Waals surface area contributed by atoms with Gasteiger partial charge in [-0.1, -0.05) is 12.1 Å². The van der Waals surface area contributed by atoms with Crippen LogP contribution in [0.3, 0.4) is 0 Å². The maximum absolute atomic E-state index is 8.16. The van der Waals surface area contributed by atoms with Crippen molar-refractivity contribution < 1.29 is 10.1 Å². The molecule has 1 rings (SSSR count). The van der Waals surface area contributed by atoms with E-state index in [1.807, 2.05) is 19.1 Å². The van der Waals surface area contributed by atoms with Gasteiger partial charge in [0, 0.05) is 0 Å². The first-order chi connectivity index (χ1) is 4.33. The highest BCUT2D eigenvalue weighted by Gasteiger charge is 1.88. The number of rotatable bonds is 1. The zero-order chi connectivity index (χ0) is 6.69. The van der Waals surface area contributed by atoms with E-state index in [1.54, 1.807) is 12.1 Å². The maximum Gasteiger partial charge on any atom is 0.165 e. The summed E-state index contributed by atoms with van der Waals surface area (Å²) in [5.41, 5.74) is 1.07. The van der Waals surface area contributed by atoms with Crippen molar-refractivity contribution in [3.05, 3.63) is 29.8 Å². The lowest BCUT2D eigenvalue weighted by atomic mass is 10.2. The molecule has 0 aromatic heterocycles. The molecule has 0 bridgehead atoms. The molecule has 2 nitrogen and oxygen atoms in total. The molecule has 0 fully saturated rings. The molecule has 0 saturated carbocycles. The van der Waals surface area contributed by atoms with Crippen LogP contribution in [-0.4, -0.2) is 5.26 Å². The van der Waals surface area contributed by atoms with E-state index in [1.165, 1.54) is 0 Å². The third kappa shape index (κ3) is 1.44. The van der Waals surface area contributed by atoms with Gasteiger partial charge in [-0.05, 0) is 24.6 Å². The summed E-state index contributed by atoms with van der Waals surface area (Å²) in [7, 11) is 0. The van der Waals surface area contributed by atoms with Gasteiger partial charge in [0.25, 0.3) is 0 Å². The summed E-state index contributed by atoms with van der Waals surface area (Å²) in [6.07, 6.45) is 0. The molecule has 0 aliphatic carbocycles. The predicted molar refractivity (Wildman–Crippen MR) is 34.4 cm³/mol. The molecule has 0 spiro atoms. The van der Waals surface area contributed by atoms with Gasteiger partial charge in [-0.15, -0.1) is 0 Å². The van der Waals surface area contributed by atoms with Crippen LogP contribution in [0, 0.1) is 6.92 Å². The lowest BCUT2D eigenvalue weighted by Gasteiger charge is -1.94. The number of benzene rings is 1. The van der Waals surface area contributed by atoms with Crippen LogP contribution in [0.4, 0.5) is 0 Å². The fourth-order valence-electron chi connectivity index (χ4n) is 0.672. The molecular formula is C7H8O2. The predicted octanol–water partition coefficient (Wildman–Crippen LogP) is 1.85. The monoisotopic (exact) mass is 124 g/mol. The molecule has 9 heavy (non-hydrogen) atoms. The number of aryl methyl sites for hydroxylation is 1. The molecular weight excluding hydrogens is 116 g/mol. The normalized spacial score (nSPS) is 9.11. The van der Waals surface area contributed by atoms with Crippen molar-refractivity contribution in [2.75, 3.05) is 0 Å². The average molecular weight is 124 g/mol. The molecule has 1 N–H and O–H groups in total. The van der Waals surface area contributed by atoms with E-state index in [4.69, 9.17) is 5.26 Å². The van der Waals surface area contributed by atoms with Crippen LogP contribution in [0.1, 0.15) is 5.56 Å². The highest BCUT2D eigenvalue weighted by Crippen LogP contribution is 2.10. The van der Waals surface area contributed by atoms with Gasteiger partial charge in [-0.25, -0.2) is 5.26 Å². The lowest BCUT2D eigenvalue weighted by molar-refractivity contribution is -0.137. The van der Waals surface area contributed by atoms with Gasteiger partial charge in [-0.3, -0.25) is 0 Å². The Kier molecular flexibility index (Phi) is 1.70. The topological polar surface area (TPSA) is 29.5 Å². The van der Waals surface area contributed by atoms with Gasteiger partial charge in [0.2, 0.25) is 0 Å². The Hall–Kier alpha value is -1.02. The van der Waals surface area contributed by atoms with Crippen LogP contribution in [0.2, 0.25) is 0 Å². The molecule has 0 aliphatic rings. The van der Waals surface area contributed by atoms with Crippen LogP contribution in [0.15, 0.2) is 24.3 Å². The molecule has 1 aromatic rings. The summed E-state index contributed by atoms with van der Waals surface area (Å²) in [5.74, 6) is 0.481. The zero-order valence-corrected chi connectivity index (χ0v) is 5.16. The van der Waals surface area contributed by atoms with Crippen LogP contribution in [-0.2, 0) is 0 Å². The first-order valence-corrected chi connectivity index (χ1v) is 2.71. The summed E-state index contributed by atoms with van der Waals surface area (Å²) in [5, 5.41) is 8.16. The number of hydrogen-bond donors (Lipinski definition) is 1. The largest absolute Gasteiger partial charge is 0.340 e. The highest BCUT2D eigenvalue weighted by molar-refractivity contribution is 5.26. The van der Waals surface area contributed by atoms with Gasteiger partial charge in [0.05, 0.1) is 0 Å². The first-order valence-electron chi connectivity index (χ1n) is 2.71. The summed E-state index contributed by atoms with van der Waals surface area (Å²) in [6.45, 7) is 1.93. The van der Waals surface area contributed by atoms with Crippen LogP contribution in [0.25, 0.3) is 0 Å². The summed E-state index contributed by atoms with van der Waals surface area (Å²) in [6, 6.07) is 7.19. The minimum absolute atomic E-state index is 0.481. The van der Waals surface area contributed by atoms with Crippen molar-refractivity contribution >= 4 is 0 Å². The molecule has 2 heteroatoms. The van der Waals surface area contributed by atoms with Gasteiger partial charge in [-0.2, -0.15) is 0 Å². The van der Waals surface area contributed by atoms with E-state index < -0.39 is 0 Å². The molecule has 48 valence electrons. The molecule has 1 aromatic carbocycles. The standard InChI is InChI=1S/C7H8O2/c1-6-3-2-4-7(5-6)9-8/h2-5,8H,1H3. The van der Waals surface area contributed by atoms with E-state index in [2.05, 4.69) is 4.89 Å². The van der Waals surface area contributed by atoms with Gasteiger partial charge < -0.3 is 4.89 Å². The van der Waals surface area contributed by atoms with Gasteiger partial charge in [0.15, 0.2) is 5.75 Å². The van der Waals surface area contributed by atoms with E-state index >= 15 is 0 Å². The molecule has 0 saturated heterocycles. The Morgan fingerprint density at radius 1 is 1.44 bits per heavy atom. The SMILES string of the molecule is Cc1cccc(OO)c1. The summed E-state index contributed by atoms with van der Waals surface area (Å²) >= 11 is 0. The molecule has 0 amide bonds. The van der Waals surface area contributed by atoms with E-state index in [0.29, 0.717) is 5.75 Å². The second-order valence-electron chi connectivity index (χ2n) is 1.91. The zero-order valence-electron chi connectivity index (χ0n) is 5.16. The second kappa shape index (κ2) is 2.51. The molecule has 0 aliphatic heterocycles. The highest BCUT2D eigenvalue weighted by atomic mass is 17.1. The Balaban J connectivity index is 2.94. The van der Waals surface area contributed by atoms with Crippen molar-refractivity contribution in [3.63, 3.8) is 0 Å². The Morgan fingerprint density at radius 2 is 2.22 bits per heavy atom. The maximum atomic E-state index is 8.16. The van der Waals surface area contributed by atoms with Crippen molar-refractivity contribution in [2.24, 2.45) is 0 Å². The third-order valence-corrected chi connectivity index (χ3v) is 1.09. The second-order valence-corrected chi connectivity index (χ2v) is 1.91. The molecule has 0 heterocycles. The van der Waals surface area contributed by atoms with Crippen LogP contribution in [0.5, 0.6) is 5.75 Å². The Morgan fingerprint density at radius 3 is 2.67 bits per heavy atom. The molecule has 0 radical (unpaired) electrons. The van der Waals surface area contributed by atoms with Crippen molar-refractivity contribution in [3.8, 4) is 5.75 Å². The van der Waals surface area contributed by atoms with Crippen molar-refractivity contribution in [1.29, 1.82) is 0 Å². The van der Waals surface area contributed by atoms with Crippen molar-refractivity contribution in [2.45, 2.75) is 6.92 Å². The van der Waals surface area contributed by atoms with Gasteiger partial charge >= 0.3 is 0 Å². The first kappa shape index (κ1) is 6.11. The number of hydrogen-bond acceptors (Lipinski definition) is 2. The third-order valence-electron chi connectivity index (χ3n) is 1.09. The molecule has 0 unspecified atom stereocenters. The molecule has 0 atom stereocenters. The van der Waals surface area contributed by atoms with Crippen LogP contribution < -0.4 is 4.89 Å². The summed E-state index contributed by atoms with van der Waals surface area (Å²) < 4.78 is 0. The van der Waals surface area contributed by atoms with E-state index in [-0.39, 0.29) is 0 Å². The van der Waals surface area contributed by atoms with E-state index in [0.717, 1.165) is 5.56 Å². The Bertz CT molecular complexity index is 196. The minimum Gasteiger partial charge on any atom is -0.340 e. The van der Waals surface area contributed by atoms with E-state index in [9.17, 15) is 0 Å². The average Bonchev–Trinajstić information content (AvgIpc) is 1.88. The lowest BCUT2D eigenvalue weighted by Crippen LogP contribution is -1.82.